The molecule has 0 saturated carbocycles. The molecule has 0 amide bonds. The molecule has 0 N–H and O–H groups in total. The Balaban J connectivity index is 2.49. The summed E-state index contributed by atoms with van der Waals surface area (Å²) in [4.78, 5) is 2.57. The molecule has 0 spiro atoms. The van der Waals surface area contributed by atoms with E-state index in [1.807, 2.05) is 0 Å². The summed E-state index contributed by atoms with van der Waals surface area (Å²) >= 11 is 0. The van der Waals surface area contributed by atoms with E-state index in [1.54, 1.807) is 0 Å². The molecule has 0 heterocycles. The van der Waals surface area contributed by atoms with Crippen LogP contribution in [0, 0.1) is 0 Å². The van der Waals surface area contributed by atoms with E-state index in [1.165, 1.54) is 10.9 Å². The van der Waals surface area contributed by atoms with Crippen LogP contribution in [0.1, 0.15) is 27.7 Å². The van der Waals surface area contributed by atoms with Crippen molar-refractivity contribution in [1.29, 1.82) is 0 Å². The molecular formula is C18H24BN. The van der Waals surface area contributed by atoms with Gasteiger partial charge in [0.2, 0.25) is 0 Å². The van der Waals surface area contributed by atoms with Crippen molar-refractivity contribution in [3.8, 4) is 0 Å². The first-order chi connectivity index (χ1) is 9.61. The molecule has 0 aliphatic carbocycles. The van der Waals surface area contributed by atoms with Crippen LogP contribution in [-0.2, 0) is 0 Å². The lowest BCUT2D eigenvalue weighted by Crippen LogP contribution is -2.61. The first-order valence-electron chi connectivity index (χ1n) is 7.48. The van der Waals surface area contributed by atoms with Crippen molar-refractivity contribution in [2.24, 2.45) is 0 Å². The van der Waals surface area contributed by atoms with Gasteiger partial charge in [-0.25, -0.2) is 0 Å². The van der Waals surface area contributed by atoms with Crippen LogP contribution in [-0.4, -0.2) is 23.7 Å². The summed E-state index contributed by atoms with van der Waals surface area (Å²) in [7, 11) is 0. The Morgan fingerprint density at radius 2 is 1.00 bits per heavy atom. The van der Waals surface area contributed by atoms with Crippen LogP contribution in [0.3, 0.4) is 0 Å². The van der Waals surface area contributed by atoms with Crippen LogP contribution >= 0.6 is 0 Å². The molecular weight excluding hydrogens is 241 g/mol. The van der Waals surface area contributed by atoms with Crippen molar-refractivity contribution in [2.75, 3.05) is 0 Å². The van der Waals surface area contributed by atoms with E-state index in [4.69, 9.17) is 0 Å². The van der Waals surface area contributed by atoms with E-state index in [-0.39, 0.29) is 0 Å². The van der Waals surface area contributed by atoms with Gasteiger partial charge in [0, 0.05) is 0 Å². The molecule has 0 fully saturated rings. The van der Waals surface area contributed by atoms with E-state index in [0.717, 1.165) is 0 Å². The van der Waals surface area contributed by atoms with Gasteiger partial charge in [-0.05, 0) is 12.1 Å². The van der Waals surface area contributed by atoms with Crippen LogP contribution in [0.2, 0.25) is 0 Å². The first kappa shape index (κ1) is 14.9. The molecule has 2 heteroatoms. The monoisotopic (exact) mass is 265 g/mol. The van der Waals surface area contributed by atoms with Gasteiger partial charge < -0.3 is 4.81 Å². The molecule has 0 aromatic heterocycles. The molecule has 0 aliphatic heterocycles. The molecule has 0 aliphatic rings. The van der Waals surface area contributed by atoms with E-state index >= 15 is 0 Å². The van der Waals surface area contributed by atoms with Crippen molar-refractivity contribution >= 4 is 17.8 Å². The summed E-state index contributed by atoms with van der Waals surface area (Å²) in [6.07, 6.45) is 0. The topological polar surface area (TPSA) is 3.24 Å². The SMILES string of the molecule is CC(C)N(B(c1ccccc1)c1ccccc1)C(C)C. The summed E-state index contributed by atoms with van der Waals surface area (Å²) in [5.41, 5.74) is 2.72. The third kappa shape index (κ3) is 3.32. The first-order valence-corrected chi connectivity index (χ1v) is 7.48. The van der Waals surface area contributed by atoms with Gasteiger partial charge in [0.25, 0.3) is 6.85 Å². The maximum absolute atomic E-state index is 2.57. The second-order valence-corrected chi connectivity index (χ2v) is 5.86. The van der Waals surface area contributed by atoms with Crippen LogP contribution < -0.4 is 10.9 Å². The van der Waals surface area contributed by atoms with E-state index in [2.05, 4.69) is 93.2 Å². The largest absolute Gasteiger partial charge is 0.330 e. The Labute approximate surface area is 123 Å². The minimum absolute atomic E-state index is 0.317. The zero-order valence-corrected chi connectivity index (χ0v) is 13.0. The fraction of sp³-hybridized carbons (Fsp3) is 0.333. The lowest BCUT2D eigenvalue weighted by atomic mass is 9.48. The summed E-state index contributed by atoms with van der Waals surface area (Å²) in [5.74, 6) is 0. The van der Waals surface area contributed by atoms with E-state index in [0.29, 0.717) is 18.9 Å². The Kier molecular flexibility index (Phi) is 5.02. The molecule has 0 saturated heterocycles. The highest BCUT2D eigenvalue weighted by Gasteiger charge is 2.30. The van der Waals surface area contributed by atoms with Crippen molar-refractivity contribution < 1.29 is 0 Å². The van der Waals surface area contributed by atoms with Crippen LogP contribution in [0.15, 0.2) is 60.7 Å². The molecule has 0 atom stereocenters. The van der Waals surface area contributed by atoms with Crippen LogP contribution in [0.4, 0.5) is 0 Å². The molecule has 104 valence electrons. The second kappa shape index (κ2) is 6.76. The highest BCUT2D eigenvalue weighted by atomic mass is 15.1. The summed E-state index contributed by atoms with van der Waals surface area (Å²) in [5, 5.41) is 0. The minimum Gasteiger partial charge on any atom is -0.330 e. The van der Waals surface area contributed by atoms with Gasteiger partial charge in [-0.2, -0.15) is 0 Å². The van der Waals surface area contributed by atoms with Crippen LogP contribution in [0.5, 0.6) is 0 Å². The number of rotatable bonds is 5. The Bertz CT molecular complexity index is 460. The third-order valence-electron chi connectivity index (χ3n) is 3.72. The summed E-state index contributed by atoms with van der Waals surface area (Å²) < 4.78 is 0. The molecule has 0 unspecified atom stereocenters. The molecule has 1 nitrogen and oxygen atoms in total. The predicted octanol–water partition coefficient (Wildman–Crippen LogP) is 2.91. The van der Waals surface area contributed by atoms with Gasteiger partial charge in [0.15, 0.2) is 0 Å². The van der Waals surface area contributed by atoms with Gasteiger partial charge in [-0.15, -0.1) is 0 Å². The van der Waals surface area contributed by atoms with E-state index in [9.17, 15) is 0 Å². The molecule has 0 radical (unpaired) electrons. The molecule has 2 aromatic carbocycles. The van der Waals surface area contributed by atoms with Crippen molar-refractivity contribution in [3.63, 3.8) is 0 Å². The Morgan fingerprint density at radius 3 is 1.30 bits per heavy atom. The van der Waals surface area contributed by atoms with Crippen LogP contribution in [0.25, 0.3) is 0 Å². The maximum atomic E-state index is 2.57. The lowest BCUT2D eigenvalue weighted by molar-refractivity contribution is 0.310. The Morgan fingerprint density at radius 1 is 0.650 bits per heavy atom. The quantitative estimate of drug-likeness (QED) is 0.751. The fourth-order valence-corrected chi connectivity index (χ4v) is 3.00. The number of benzene rings is 2. The van der Waals surface area contributed by atoms with Gasteiger partial charge in [0.1, 0.15) is 0 Å². The van der Waals surface area contributed by atoms with Crippen molar-refractivity contribution in [3.05, 3.63) is 60.7 Å². The highest BCUT2D eigenvalue weighted by Crippen LogP contribution is 2.09. The lowest BCUT2D eigenvalue weighted by Gasteiger charge is -2.37. The average molecular weight is 265 g/mol. The molecule has 0 bridgehead atoms. The molecule has 2 rings (SSSR count). The zero-order valence-electron chi connectivity index (χ0n) is 13.0. The minimum atomic E-state index is 0.317. The van der Waals surface area contributed by atoms with Gasteiger partial charge in [-0.3, -0.25) is 0 Å². The number of hydrogen-bond donors (Lipinski definition) is 0. The molecule has 2 aromatic rings. The van der Waals surface area contributed by atoms with Gasteiger partial charge in [-0.1, -0.05) is 99.3 Å². The standard InChI is InChI=1S/C18H24BN/c1-15(2)20(16(3)4)19(17-11-7-5-8-12-17)18-13-9-6-10-14-18/h5-16H,1-4H3. The highest BCUT2D eigenvalue weighted by molar-refractivity contribution is 6.83. The summed E-state index contributed by atoms with van der Waals surface area (Å²) in [6.45, 7) is 9.42. The summed E-state index contributed by atoms with van der Waals surface area (Å²) in [6, 6.07) is 22.6. The molecule has 20 heavy (non-hydrogen) atoms. The Hall–Kier alpha value is -1.54. The average Bonchev–Trinajstić information content (AvgIpc) is 2.45. The third-order valence-corrected chi connectivity index (χ3v) is 3.72. The van der Waals surface area contributed by atoms with Gasteiger partial charge in [0.05, 0.1) is 0 Å². The fourth-order valence-electron chi connectivity index (χ4n) is 3.00. The number of hydrogen-bond acceptors (Lipinski definition) is 1. The maximum Gasteiger partial charge on any atom is 0.292 e. The van der Waals surface area contributed by atoms with Crippen molar-refractivity contribution in [1.82, 2.24) is 4.81 Å². The second-order valence-electron chi connectivity index (χ2n) is 5.86. The van der Waals surface area contributed by atoms with Gasteiger partial charge >= 0.3 is 0 Å². The number of nitrogens with zero attached hydrogens (tertiary/aromatic N) is 1. The van der Waals surface area contributed by atoms with Crippen molar-refractivity contribution in [2.45, 2.75) is 39.8 Å². The predicted molar refractivity (Wildman–Crippen MR) is 90.0 cm³/mol. The smallest absolute Gasteiger partial charge is 0.292 e. The van der Waals surface area contributed by atoms with E-state index < -0.39 is 0 Å². The normalized spacial score (nSPS) is 11.3. The zero-order chi connectivity index (χ0) is 14.5.